The summed E-state index contributed by atoms with van der Waals surface area (Å²) in [4.78, 5) is 38.0. The maximum atomic E-state index is 12.8. The van der Waals surface area contributed by atoms with Crippen molar-refractivity contribution >= 4 is 5.91 Å². The molecule has 1 aromatic carbocycles. The Balaban J connectivity index is 1.27. The van der Waals surface area contributed by atoms with Gasteiger partial charge in [0.05, 0.1) is 12.1 Å². The molecule has 3 aliphatic rings. The number of aromatic nitrogens is 2. The van der Waals surface area contributed by atoms with Crippen LogP contribution in [-0.4, -0.2) is 51.4 Å². The zero-order chi connectivity index (χ0) is 21.4. The molecule has 31 heavy (non-hydrogen) atoms. The van der Waals surface area contributed by atoms with Gasteiger partial charge in [-0.15, -0.1) is 0 Å². The molecule has 0 spiro atoms. The highest BCUT2D eigenvalue weighted by atomic mass is 16.2. The summed E-state index contributed by atoms with van der Waals surface area (Å²) in [6, 6.07) is 8.80. The fourth-order valence-electron chi connectivity index (χ4n) is 5.46. The molecule has 1 amide bonds. The second-order valence-corrected chi connectivity index (χ2v) is 9.52. The van der Waals surface area contributed by atoms with Crippen molar-refractivity contribution in [1.29, 1.82) is 0 Å². The molecule has 3 heterocycles. The number of fused-ring (bicyclic) bond motifs is 1. The summed E-state index contributed by atoms with van der Waals surface area (Å²) in [5.74, 6) is 1.03. The third-order valence-corrected chi connectivity index (χ3v) is 7.37. The van der Waals surface area contributed by atoms with Crippen molar-refractivity contribution in [2.24, 2.45) is 0 Å². The number of nitrogens with one attached hydrogen (secondary N) is 1. The van der Waals surface area contributed by atoms with Gasteiger partial charge in [0.1, 0.15) is 5.82 Å². The van der Waals surface area contributed by atoms with Crippen LogP contribution in [0.15, 0.2) is 29.1 Å². The van der Waals surface area contributed by atoms with E-state index in [9.17, 15) is 9.59 Å². The Bertz CT molecular complexity index is 1010. The number of carbonyl (C=O) groups is 1. The summed E-state index contributed by atoms with van der Waals surface area (Å²) in [5, 5.41) is 0. The van der Waals surface area contributed by atoms with Gasteiger partial charge >= 0.3 is 0 Å². The van der Waals surface area contributed by atoms with E-state index in [0.29, 0.717) is 19.0 Å². The smallest absolute Gasteiger partial charge is 0.254 e. The highest BCUT2D eigenvalue weighted by molar-refractivity contribution is 5.79. The van der Waals surface area contributed by atoms with E-state index < -0.39 is 0 Å². The predicted molar refractivity (Wildman–Crippen MR) is 120 cm³/mol. The van der Waals surface area contributed by atoms with Crippen LogP contribution >= 0.6 is 0 Å². The molecule has 6 nitrogen and oxygen atoms in total. The Morgan fingerprint density at radius 3 is 2.68 bits per heavy atom. The number of H-pyrrole nitrogens is 1. The van der Waals surface area contributed by atoms with Gasteiger partial charge in [-0.05, 0) is 38.2 Å². The first kappa shape index (κ1) is 20.4. The predicted octanol–water partition coefficient (Wildman–Crippen LogP) is 2.94. The van der Waals surface area contributed by atoms with Crippen molar-refractivity contribution in [2.45, 2.75) is 70.4 Å². The maximum absolute atomic E-state index is 12.8. The van der Waals surface area contributed by atoms with Crippen molar-refractivity contribution < 1.29 is 4.79 Å². The minimum absolute atomic E-state index is 0.0236. The summed E-state index contributed by atoms with van der Waals surface area (Å²) < 4.78 is 0. The number of rotatable bonds is 4. The zero-order valence-corrected chi connectivity index (χ0v) is 18.4. The second-order valence-electron chi connectivity index (χ2n) is 9.52. The Morgan fingerprint density at radius 1 is 1.13 bits per heavy atom. The standard InChI is InChI=1S/C25H32N4O2/c1-17-6-8-18(9-7-17)14-23(30)29-12-10-19(15-29)24-26-22-16-28(20-4-2-3-5-20)13-11-21(22)25(31)27-24/h6-9,19-20H,2-5,10-16H2,1H3,(H,26,27,31)/t19-/m0/s1. The molecule has 2 aromatic rings. The molecule has 2 aliphatic heterocycles. The maximum Gasteiger partial charge on any atom is 0.254 e. The first-order chi connectivity index (χ1) is 15.1. The molecule has 5 rings (SSSR count). The first-order valence-electron chi connectivity index (χ1n) is 11.8. The van der Waals surface area contributed by atoms with Crippen LogP contribution in [0, 0.1) is 6.92 Å². The fourth-order valence-corrected chi connectivity index (χ4v) is 5.46. The van der Waals surface area contributed by atoms with Crippen molar-refractivity contribution in [3.63, 3.8) is 0 Å². The number of hydrogen-bond acceptors (Lipinski definition) is 4. The Labute approximate surface area is 183 Å². The number of hydrogen-bond donors (Lipinski definition) is 1. The average molecular weight is 421 g/mol. The van der Waals surface area contributed by atoms with E-state index in [4.69, 9.17) is 4.98 Å². The molecule has 1 atom stereocenters. The number of nitrogens with zero attached hydrogens (tertiary/aromatic N) is 3. The molecule has 1 aromatic heterocycles. The Kier molecular flexibility index (Phi) is 5.65. The topological polar surface area (TPSA) is 69.3 Å². The van der Waals surface area contributed by atoms with E-state index in [1.165, 1.54) is 31.2 Å². The zero-order valence-electron chi connectivity index (χ0n) is 18.4. The van der Waals surface area contributed by atoms with E-state index in [1.54, 1.807) is 0 Å². The normalized spacial score (nSPS) is 22.1. The van der Waals surface area contributed by atoms with Gasteiger partial charge in [-0.25, -0.2) is 4.98 Å². The molecule has 1 N–H and O–H groups in total. The third kappa shape index (κ3) is 4.31. The van der Waals surface area contributed by atoms with Crippen molar-refractivity contribution in [3.05, 3.63) is 62.8 Å². The lowest BCUT2D eigenvalue weighted by atomic mass is 10.0. The second kappa shape index (κ2) is 8.58. The number of aromatic amines is 1. The van der Waals surface area contributed by atoms with Crippen LogP contribution in [0.5, 0.6) is 0 Å². The number of aryl methyl sites for hydroxylation is 1. The molecule has 1 saturated heterocycles. The molecule has 0 radical (unpaired) electrons. The van der Waals surface area contributed by atoms with Crippen molar-refractivity contribution in [3.8, 4) is 0 Å². The van der Waals surface area contributed by atoms with Gasteiger partial charge in [0.25, 0.3) is 5.56 Å². The highest BCUT2D eigenvalue weighted by Gasteiger charge is 2.32. The number of benzene rings is 1. The van der Waals surface area contributed by atoms with Crippen molar-refractivity contribution in [2.75, 3.05) is 19.6 Å². The fraction of sp³-hybridized carbons (Fsp3) is 0.560. The van der Waals surface area contributed by atoms with Crippen LogP contribution in [-0.2, 0) is 24.2 Å². The summed E-state index contributed by atoms with van der Waals surface area (Å²) in [5.41, 5.74) is 4.10. The molecule has 164 valence electrons. The van der Waals surface area contributed by atoms with Crippen LogP contribution < -0.4 is 5.56 Å². The molecule has 0 bridgehead atoms. The molecule has 2 fully saturated rings. The number of carbonyl (C=O) groups excluding carboxylic acids is 1. The van der Waals surface area contributed by atoms with Gasteiger partial charge in [0.2, 0.25) is 5.91 Å². The SMILES string of the molecule is Cc1ccc(CC(=O)N2CC[C@H](c3nc4c(c(=O)[nH]3)CCN(C3CCCC3)C4)C2)cc1. The molecular formula is C25H32N4O2. The van der Waals surface area contributed by atoms with E-state index >= 15 is 0 Å². The summed E-state index contributed by atoms with van der Waals surface area (Å²) in [6.07, 6.45) is 7.25. The van der Waals surface area contributed by atoms with Gasteiger partial charge in [-0.3, -0.25) is 14.5 Å². The first-order valence-corrected chi connectivity index (χ1v) is 11.8. The summed E-state index contributed by atoms with van der Waals surface area (Å²) >= 11 is 0. The Morgan fingerprint density at radius 2 is 1.90 bits per heavy atom. The number of likely N-dealkylation sites (tertiary alicyclic amines) is 1. The molecule has 1 saturated carbocycles. The monoisotopic (exact) mass is 420 g/mol. The minimum atomic E-state index is 0.0236. The third-order valence-electron chi connectivity index (χ3n) is 7.37. The Hall–Kier alpha value is -2.47. The molecule has 6 heteroatoms. The van der Waals surface area contributed by atoms with E-state index in [2.05, 4.69) is 16.8 Å². The lowest BCUT2D eigenvalue weighted by Gasteiger charge is -2.32. The van der Waals surface area contributed by atoms with Gasteiger partial charge in [-0.1, -0.05) is 42.7 Å². The average Bonchev–Trinajstić information content (AvgIpc) is 3.47. The summed E-state index contributed by atoms with van der Waals surface area (Å²) in [6.45, 7) is 5.17. The van der Waals surface area contributed by atoms with Gasteiger partial charge in [0.15, 0.2) is 0 Å². The lowest BCUT2D eigenvalue weighted by Crippen LogP contribution is -2.41. The van der Waals surface area contributed by atoms with Crippen LogP contribution in [0.3, 0.4) is 0 Å². The van der Waals surface area contributed by atoms with Crippen LogP contribution in [0.2, 0.25) is 0 Å². The van der Waals surface area contributed by atoms with E-state index in [1.807, 2.05) is 29.2 Å². The lowest BCUT2D eigenvalue weighted by molar-refractivity contribution is -0.129. The molecule has 0 unspecified atom stereocenters. The van der Waals surface area contributed by atoms with E-state index in [-0.39, 0.29) is 17.4 Å². The van der Waals surface area contributed by atoms with Crippen molar-refractivity contribution in [1.82, 2.24) is 19.8 Å². The number of amides is 1. The van der Waals surface area contributed by atoms with Gasteiger partial charge < -0.3 is 9.88 Å². The van der Waals surface area contributed by atoms with Crippen LogP contribution in [0.1, 0.15) is 66.2 Å². The summed E-state index contributed by atoms with van der Waals surface area (Å²) in [7, 11) is 0. The largest absolute Gasteiger partial charge is 0.342 e. The molecule has 1 aliphatic carbocycles. The van der Waals surface area contributed by atoms with Crippen LogP contribution in [0.4, 0.5) is 0 Å². The molecular weight excluding hydrogens is 388 g/mol. The minimum Gasteiger partial charge on any atom is -0.342 e. The van der Waals surface area contributed by atoms with Gasteiger partial charge in [0, 0.05) is 43.7 Å². The quantitative estimate of drug-likeness (QED) is 0.826. The van der Waals surface area contributed by atoms with E-state index in [0.717, 1.165) is 55.1 Å². The highest BCUT2D eigenvalue weighted by Crippen LogP contribution is 2.29. The van der Waals surface area contributed by atoms with Crippen LogP contribution in [0.25, 0.3) is 0 Å². The van der Waals surface area contributed by atoms with Gasteiger partial charge in [-0.2, -0.15) is 0 Å².